The fraction of sp³-hybridized carbons (Fsp3) is 0.571. The van der Waals surface area contributed by atoms with Crippen molar-refractivity contribution >= 4 is 9.84 Å². The van der Waals surface area contributed by atoms with Gasteiger partial charge in [0, 0.05) is 12.0 Å². The number of sulfone groups is 1. The van der Waals surface area contributed by atoms with Crippen LogP contribution in [0.15, 0.2) is 24.3 Å². The number of benzene rings is 1. The van der Waals surface area contributed by atoms with Gasteiger partial charge in [0.25, 0.3) is 0 Å². The van der Waals surface area contributed by atoms with Gasteiger partial charge < -0.3 is 9.84 Å². The maximum Gasteiger partial charge on any atom is 0.147 e. The number of aliphatic hydroxyl groups is 1. The van der Waals surface area contributed by atoms with Crippen molar-refractivity contribution in [3.63, 3.8) is 0 Å². The van der Waals surface area contributed by atoms with Crippen molar-refractivity contribution in [1.82, 2.24) is 0 Å². The Bertz CT molecular complexity index is 482. The molecule has 1 aromatic carbocycles. The van der Waals surface area contributed by atoms with Gasteiger partial charge in [0.05, 0.1) is 12.7 Å². The molecule has 0 aliphatic heterocycles. The third-order valence-electron chi connectivity index (χ3n) is 2.71. The van der Waals surface area contributed by atoms with Crippen LogP contribution >= 0.6 is 0 Å². The molecule has 1 atom stereocenters. The molecule has 0 saturated carbocycles. The summed E-state index contributed by atoms with van der Waals surface area (Å²) in [4.78, 5) is 0. The zero-order valence-electron chi connectivity index (χ0n) is 11.5. The van der Waals surface area contributed by atoms with Gasteiger partial charge in [0.1, 0.15) is 15.6 Å². The lowest BCUT2D eigenvalue weighted by atomic mass is 10.1. The number of ether oxygens (including phenoxy) is 1. The number of rotatable bonds is 8. The molecule has 0 fully saturated rings. The second-order valence-electron chi connectivity index (χ2n) is 4.71. The Morgan fingerprint density at radius 3 is 2.74 bits per heavy atom. The maximum atomic E-state index is 11.0. The zero-order valence-corrected chi connectivity index (χ0v) is 12.3. The van der Waals surface area contributed by atoms with Crippen LogP contribution in [0.25, 0.3) is 0 Å². The zero-order chi connectivity index (χ0) is 14.3. The first-order chi connectivity index (χ1) is 8.92. The molecule has 1 N–H and O–H groups in total. The SMILES string of the molecule is CCCOc1cccc(C(O)CCCS(C)(=O)=O)c1. The molecule has 0 amide bonds. The third-order valence-corrected chi connectivity index (χ3v) is 3.74. The van der Waals surface area contributed by atoms with Gasteiger partial charge in [0.15, 0.2) is 0 Å². The molecule has 4 nitrogen and oxygen atoms in total. The lowest BCUT2D eigenvalue weighted by Gasteiger charge is -2.12. The molecule has 0 aliphatic rings. The Morgan fingerprint density at radius 2 is 2.11 bits per heavy atom. The fourth-order valence-corrected chi connectivity index (χ4v) is 2.43. The Labute approximate surface area is 115 Å². The largest absolute Gasteiger partial charge is 0.494 e. The predicted molar refractivity (Wildman–Crippen MR) is 76.1 cm³/mol. The average Bonchev–Trinajstić information content (AvgIpc) is 2.35. The summed E-state index contributed by atoms with van der Waals surface area (Å²) in [6, 6.07) is 7.31. The molecule has 19 heavy (non-hydrogen) atoms. The Hall–Kier alpha value is -1.07. The van der Waals surface area contributed by atoms with Crippen molar-refractivity contribution in [2.75, 3.05) is 18.6 Å². The minimum atomic E-state index is -2.96. The smallest absolute Gasteiger partial charge is 0.147 e. The highest BCUT2D eigenvalue weighted by molar-refractivity contribution is 7.90. The van der Waals surface area contributed by atoms with E-state index in [4.69, 9.17) is 4.74 Å². The topological polar surface area (TPSA) is 63.6 Å². The van der Waals surface area contributed by atoms with Gasteiger partial charge >= 0.3 is 0 Å². The van der Waals surface area contributed by atoms with Crippen molar-refractivity contribution in [1.29, 1.82) is 0 Å². The number of hydrogen-bond donors (Lipinski definition) is 1. The minimum absolute atomic E-state index is 0.107. The van der Waals surface area contributed by atoms with E-state index in [0.29, 0.717) is 19.4 Å². The van der Waals surface area contributed by atoms with Crippen molar-refractivity contribution in [3.8, 4) is 5.75 Å². The average molecular weight is 286 g/mol. The number of aliphatic hydroxyl groups excluding tert-OH is 1. The first kappa shape index (κ1) is 16.0. The van der Waals surface area contributed by atoms with Gasteiger partial charge in [-0.3, -0.25) is 0 Å². The van der Waals surface area contributed by atoms with E-state index in [1.807, 2.05) is 25.1 Å². The van der Waals surface area contributed by atoms with Crippen LogP contribution in [-0.2, 0) is 9.84 Å². The normalized spacial score (nSPS) is 13.2. The van der Waals surface area contributed by atoms with Crippen LogP contribution in [0.2, 0.25) is 0 Å². The minimum Gasteiger partial charge on any atom is -0.494 e. The first-order valence-electron chi connectivity index (χ1n) is 6.51. The molecule has 0 radical (unpaired) electrons. The molecule has 0 aliphatic carbocycles. The highest BCUT2D eigenvalue weighted by Gasteiger charge is 2.10. The van der Waals surface area contributed by atoms with E-state index in [1.54, 1.807) is 6.07 Å². The van der Waals surface area contributed by atoms with Crippen molar-refractivity contribution in [2.24, 2.45) is 0 Å². The summed E-state index contributed by atoms with van der Waals surface area (Å²) in [6.07, 6.45) is 2.39. The van der Waals surface area contributed by atoms with E-state index in [9.17, 15) is 13.5 Å². The highest BCUT2D eigenvalue weighted by Crippen LogP contribution is 2.23. The van der Waals surface area contributed by atoms with Crippen LogP contribution in [-0.4, -0.2) is 32.1 Å². The third kappa shape index (κ3) is 6.59. The molecule has 1 aromatic rings. The predicted octanol–water partition coefficient (Wildman–Crippen LogP) is 2.33. The highest BCUT2D eigenvalue weighted by atomic mass is 32.2. The summed E-state index contributed by atoms with van der Waals surface area (Å²) in [5, 5.41) is 10.0. The molecule has 0 aromatic heterocycles. The summed E-state index contributed by atoms with van der Waals surface area (Å²) < 4.78 is 27.5. The fourth-order valence-electron chi connectivity index (χ4n) is 1.74. The summed E-state index contributed by atoms with van der Waals surface area (Å²) in [5.41, 5.74) is 0.766. The Balaban J connectivity index is 2.54. The van der Waals surface area contributed by atoms with E-state index in [-0.39, 0.29) is 5.75 Å². The molecule has 1 rings (SSSR count). The van der Waals surface area contributed by atoms with Gasteiger partial charge in [0.2, 0.25) is 0 Å². The van der Waals surface area contributed by atoms with E-state index in [1.165, 1.54) is 6.26 Å². The van der Waals surface area contributed by atoms with Crippen molar-refractivity contribution < 1.29 is 18.3 Å². The summed E-state index contributed by atoms with van der Waals surface area (Å²) in [7, 11) is -2.96. The lowest BCUT2D eigenvalue weighted by Crippen LogP contribution is -2.06. The Kier molecular flexibility index (Phi) is 6.31. The van der Waals surface area contributed by atoms with Crippen LogP contribution in [0.5, 0.6) is 5.75 Å². The van der Waals surface area contributed by atoms with E-state index < -0.39 is 15.9 Å². The van der Waals surface area contributed by atoms with Gasteiger partial charge in [-0.05, 0) is 37.0 Å². The molecule has 0 spiro atoms. The molecule has 1 unspecified atom stereocenters. The summed E-state index contributed by atoms with van der Waals surface area (Å²) in [5.74, 6) is 0.845. The lowest BCUT2D eigenvalue weighted by molar-refractivity contribution is 0.166. The van der Waals surface area contributed by atoms with Crippen LogP contribution in [0.3, 0.4) is 0 Å². The summed E-state index contributed by atoms with van der Waals surface area (Å²) in [6.45, 7) is 2.68. The second kappa shape index (κ2) is 7.50. The quantitative estimate of drug-likeness (QED) is 0.796. The molecule has 0 heterocycles. The monoisotopic (exact) mass is 286 g/mol. The first-order valence-corrected chi connectivity index (χ1v) is 8.57. The molecular weight excluding hydrogens is 264 g/mol. The van der Waals surface area contributed by atoms with Crippen LogP contribution in [0.1, 0.15) is 37.9 Å². The molecule has 108 valence electrons. The maximum absolute atomic E-state index is 11.0. The Morgan fingerprint density at radius 1 is 1.37 bits per heavy atom. The summed E-state index contributed by atoms with van der Waals surface area (Å²) >= 11 is 0. The van der Waals surface area contributed by atoms with Crippen molar-refractivity contribution in [3.05, 3.63) is 29.8 Å². The standard InChI is InChI=1S/C14H22O4S/c1-3-9-18-13-7-4-6-12(11-13)14(15)8-5-10-19(2,16)17/h4,6-7,11,14-15H,3,5,8-10H2,1-2H3. The van der Waals surface area contributed by atoms with Gasteiger partial charge in [-0.25, -0.2) is 8.42 Å². The molecule has 5 heteroatoms. The van der Waals surface area contributed by atoms with Crippen LogP contribution < -0.4 is 4.74 Å². The van der Waals surface area contributed by atoms with Crippen LogP contribution in [0, 0.1) is 0 Å². The molecule has 0 saturated heterocycles. The van der Waals surface area contributed by atoms with Gasteiger partial charge in [-0.1, -0.05) is 19.1 Å². The van der Waals surface area contributed by atoms with E-state index in [0.717, 1.165) is 17.7 Å². The van der Waals surface area contributed by atoms with Gasteiger partial charge in [-0.15, -0.1) is 0 Å². The van der Waals surface area contributed by atoms with Crippen LogP contribution in [0.4, 0.5) is 0 Å². The van der Waals surface area contributed by atoms with Gasteiger partial charge in [-0.2, -0.15) is 0 Å². The molecular formula is C14H22O4S. The van der Waals surface area contributed by atoms with E-state index >= 15 is 0 Å². The number of hydrogen-bond acceptors (Lipinski definition) is 4. The second-order valence-corrected chi connectivity index (χ2v) is 6.97. The van der Waals surface area contributed by atoms with E-state index in [2.05, 4.69) is 0 Å². The molecule has 0 bridgehead atoms. The van der Waals surface area contributed by atoms with Crippen molar-refractivity contribution in [2.45, 2.75) is 32.3 Å².